The summed E-state index contributed by atoms with van der Waals surface area (Å²) in [5, 5.41) is 2.99. The Morgan fingerprint density at radius 1 is 1.35 bits per heavy atom. The lowest BCUT2D eigenvalue weighted by atomic mass is 10.1. The van der Waals surface area contributed by atoms with Crippen molar-refractivity contribution >= 4 is 17.8 Å². The third kappa shape index (κ3) is 3.47. The van der Waals surface area contributed by atoms with E-state index in [4.69, 9.17) is 4.74 Å². The van der Waals surface area contributed by atoms with Crippen LogP contribution in [0.25, 0.3) is 0 Å². The van der Waals surface area contributed by atoms with E-state index in [2.05, 4.69) is 25.2 Å². The molecule has 1 aliphatic heterocycles. The number of nitrogens with zero attached hydrogens (tertiary/aromatic N) is 5. The van der Waals surface area contributed by atoms with E-state index in [-0.39, 0.29) is 6.10 Å². The summed E-state index contributed by atoms with van der Waals surface area (Å²) in [6, 6.07) is 0. The smallest absolute Gasteiger partial charge is 0.232 e. The van der Waals surface area contributed by atoms with Gasteiger partial charge in [-0.15, -0.1) is 0 Å². The van der Waals surface area contributed by atoms with Crippen molar-refractivity contribution in [3.05, 3.63) is 0 Å². The first-order chi connectivity index (χ1) is 9.63. The molecule has 1 N–H and O–H groups in total. The van der Waals surface area contributed by atoms with Gasteiger partial charge in [0.25, 0.3) is 0 Å². The summed E-state index contributed by atoms with van der Waals surface area (Å²) < 4.78 is 5.73. The fourth-order valence-corrected chi connectivity index (χ4v) is 2.30. The first kappa shape index (κ1) is 14.8. The van der Waals surface area contributed by atoms with Crippen LogP contribution in [0.15, 0.2) is 0 Å². The zero-order valence-corrected chi connectivity index (χ0v) is 12.8. The summed E-state index contributed by atoms with van der Waals surface area (Å²) in [5.74, 6) is 1.98. The Bertz CT molecular complexity index is 437. The first-order valence-corrected chi connectivity index (χ1v) is 7.11. The fraction of sp³-hybridized carbons (Fsp3) is 0.769. The fourth-order valence-electron chi connectivity index (χ4n) is 2.30. The van der Waals surface area contributed by atoms with E-state index < -0.39 is 0 Å². The molecule has 1 atom stereocenters. The molecule has 7 nitrogen and oxygen atoms in total. The van der Waals surface area contributed by atoms with Crippen molar-refractivity contribution < 1.29 is 4.74 Å². The number of anilines is 3. The number of ether oxygens (including phenoxy) is 1. The van der Waals surface area contributed by atoms with Crippen molar-refractivity contribution in [3.63, 3.8) is 0 Å². The molecule has 0 aromatic carbocycles. The second kappa shape index (κ2) is 6.69. The molecular formula is C13H24N6O. The van der Waals surface area contributed by atoms with Gasteiger partial charge in [0.15, 0.2) is 0 Å². The van der Waals surface area contributed by atoms with Crippen molar-refractivity contribution in [1.82, 2.24) is 15.0 Å². The Kier molecular flexibility index (Phi) is 4.94. The number of nitrogens with one attached hydrogen (secondary N) is 1. The van der Waals surface area contributed by atoms with Crippen LogP contribution in [0.2, 0.25) is 0 Å². The zero-order chi connectivity index (χ0) is 14.5. The lowest BCUT2D eigenvalue weighted by Crippen LogP contribution is -2.41. The molecule has 0 bridgehead atoms. The van der Waals surface area contributed by atoms with Gasteiger partial charge in [-0.1, -0.05) is 0 Å². The van der Waals surface area contributed by atoms with Crippen LogP contribution in [-0.2, 0) is 4.74 Å². The molecule has 0 saturated carbocycles. The van der Waals surface area contributed by atoms with E-state index in [1.807, 2.05) is 33.0 Å². The molecule has 1 aromatic rings. The molecule has 2 rings (SSSR count). The maximum atomic E-state index is 5.73. The highest BCUT2D eigenvalue weighted by Crippen LogP contribution is 2.20. The van der Waals surface area contributed by atoms with Crippen molar-refractivity contribution in [2.24, 2.45) is 0 Å². The first-order valence-electron chi connectivity index (χ1n) is 7.11. The van der Waals surface area contributed by atoms with Crippen LogP contribution in [0.3, 0.4) is 0 Å². The lowest BCUT2D eigenvalue weighted by molar-refractivity contribution is 0.0523. The average Bonchev–Trinajstić information content (AvgIpc) is 2.47. The quantitative estimate of drug-likeness (QED) is 0.862. The van der Waals surface area contributed by atoms with Crippen molar-refractivity contribution in [2.75, 3.05) is 56.0 Å². The van der Waals surface area contributed by atoms with E-state index in [0.717, 1.165) is 38.5 Å². The molecule has 0 amide bonds. The molecule has 0 spiro atoms. The summed E-state index contributed by atoms with van der Waals surface area (Å²) in [6.45, 7) is 4.59. The van der Waals surface area contributed by atoms with Crippen molar-refractivity contribution in [3.8, 4) is 0 Å². The van der Waals surface area contributed by atoms with Crippen molar-refractivity contribution in [1.29, 1.82) is 0 Å². The second-order valence-electron chi connectivity index (χ2n) is 5.07. The van der Waals surface area contributed by atoms with Gasteiger partial charge < -0.3 is 19.9 Å². The minimum absolute atomic E-state index is 0.270. The summed E-state index contributed by atoms with van der Waals surface area (Å²) >= 11 is 0. The maximum absolute atomic E-state index is 5.73. The van der Waals surface area contributed by atoms with Gasteiger partial charge in [-0.05, 0) is 19.8 Å². The van der Waals surface area contributed by atoms with Crippen LogP contribution >= 0.6 is 0 Å². The lowest BCUT2D eigenvalue weighted by Gasteiger charge is -2.32. The number of aromatic nitrogens is 3. The van der Waals surface area contributed by atoms with E-state index in [0.29, 0.717) is 11.9 Å². The molecule has 1 unspecified atom stereocenters. The molecule has 1 saturated heterocycles. The molecule has 2 heterocycles. The molecule has 1 aromatic heterocycles. The summed E-state index contributed by atoms with van der Waals surface area (Å²) in [5.41, 5.74) is 0. The topological polar surface area (TPSA) is 66.4 Å². The average molecular weight is 280 g/mol. The minimum atomic E-state index is 0.270. The van der Waals surface area contributed by atoms with Gasteiger partial charge >= 0.3 is 0 Å². The molecule has 0 radical (unpaired) electrons. The van der Waals surface area contributed by atoms with E-state index in [1.165, 1.54) is 0 Å². The standard InChI is InChI=1S/C13H24N6O/c1-5-20-10-7-6-8-19(9-10)13-16-11(14-2)15-12(17-13)18(3)4/h10H,5-9H2,1-4H3,(H,14,15,16,17). The number of hydrogen-bond acceptors (Lipinski definition) is 7. The van der Waals surface area contributed by atoms with Gasteiger partial charge in [-0.25, -0.2) is 0 Å². The third-order valence-corrected chi connectivity index (χ3v) is 3.30. The van der Waals surface area contributed by atoms with E-state index in [1.54, 1.807) is 0 Å². The third-order valence-electron chi connectivity index (χ3n) is 3.30. The van der Waals surface area contributed by atoms with Crippen LogP contribution in [0, 0.1) is 0 Å². The predicted octanol–water partition coefficient (Wildman–Crippen LogP) is 0.985. The molecule has 1 fully saturated rings. The highest BCUT2D eigenvalue weighted by atomic mass is 16.5. The van der Waals surface area contributed by atoms with Crippen LogP contribution in [0.4, 0.5) is 17.8 Å². The van der Waals surface area contributed by atoms with Crippen LogP contribution in [0.5, 0.6) is 0 Å². The molecule has 112 valence electrons. The van der Waals surface area contributed by atoms with Crippen LogP contribution in [0.1, 0.15) is 19.8 Å². The maximum Gasteiger partial charge on any atom is 0.232 e. The van der Waals surface area contributed by atoms with E-state index >= 15 is 0 Å². The molecule has 7 heteroatoms. The highest BCUT2D eigenvalue weighted by Gasteiger charge is 2.23. The zero-order valence-electron chi connectivity index (χ0n) is 12.8. The Morgan fingerprint density at radius 3 is 2.80 bits per heavy atom. The van der Waals surface area contributed by atoms with Gasteiger partial charge in [0.1, 0.15) is 0 Å². The molecular weight excluding hydrogens is 256 g/mol. The number of piperidine rings is 1. The van der Waals surface area contributed by atoms with Gasteiger partial charge in [-0.2, -0.15) is 15.0 Å². The van der Waals surface area contributed by atoms with Crippen molar-refractivity contribution in [2.45, 2.75) is 25.9 Å². The van der Waals surface area contributed by atoms with Crippen LogP contribution in [-0.4, -0.2) is 61.9 Å². The molecule has 20 heavy (non-hydrogen) atoms. The number of rotatable bonds is 5. The monoisotopic (exact) mass is 280 g/mol. The Hall–Kier alpha value is -1.63. The van der Waals surface area contributed by atoms with Gasteiger partial charge in [0, 0.05) is 40.8 Å². The SMILES string of the molecule is CCOC1CCCN(c2nc(NC)nc(N(C)C)n2)C1. The van der Waals surface area contributed by atoms with Crippen LogP contribution < -0.4 is 15.1 Å². The van der Waals surface area contributed by atoms with Gasteiger partial charge in [0.05, 0.1) is 6.10 Å². The number of hydrogen-bond donors (Lipinski definition) is 1. The molecule has 0 aliphatic carbocycles. The van der Waals surface area contributed by atoms with E-state index in [9.17, 15) is 0 Å². The summed E-state index contributed by atoms with van der Waals surface area (Å²) in [6.07, 6.45) is 2.48. The second-order valence-corrected chi connectivity index (χ2v) is 5.07. The summed E-state index contributed by atoms with van der Waals surface area (Å²) in [4.78, 5) is 17.4. The molecule has 1 aliphatic rings. The Labute approximate surface area is 120 Å². The normalized spacial score (nSPS) is 19.0. The summed E-state index contributed by atoms with van der Waals surface area (Å²) in [7, 11) is 5.67. The predicted molar refractivity (Wildman–Crippen MR) is 80.6 cm³/mol. The Balaban J connectivity index is 2.20. The van der Waals surface area contributed by atoms with Gasteiger partial charge in [-0.3, -0.25) is 0 Å². The minimum Gasteiger partial charge on any atom is -0.377 e. The van der Waals surface area contributed by atoms with Gasteiger partial charge in [0.2, 0.25) is 17.8 Å². The highest BCUT2D eigenvalue weighted by molar-refractivity contribution is 5.44. The largest absolute Gasteiger partial charge is 0.377 e. The Morgan fingerprint density at radius 2 is 2.15 bits per heavy atom.